The van der Waals surface area contributed by atoms with Crippen molar-refractivity contribution in [3.05, 3.63) is 59.7 Å². The number of hydrogen-bond acceptors (Lipinski definition) is 4. The largest absolute Gasteiger partial charge is 0.484 e. The monoisotopic (exact) mass is 335 g/mol. The zero-order chi connectivity index (χ0) is 17.5. The summed E-state index contributed by atoms with van der Waals surface area (Å²) in [5.74, 6) is -2.80. The number of benzene rings is 2. The highest BCUT2D eigenvalue weighted by molar-refractivity contribution is 5.92. The number of amides is 1. The number of carbonyl (C=O) groups excluding carboxylic acids is 2. The molecule has 0 aliphatic heterocycles. The van der Waals surface area contributed by atoms with Crippen molar-refractivity contribution < 1.29 is 27.8 Å². The Kier molecular flexibility index (Phi) is 5.83. The lowest BCUT2D eigenvalue weighted by Crippen LogP contribution is -2.20. The summed E-state index contributed by atoms with van der Waals surface area (Å²) in [6.45, 7) is 1.59. The number of anilines is 1. The van der Waals surface area contributed by atoms with Gasteiger partial charge in [0.05, 0.1) is 12.2 Å². The quantitative estimate of drug-likeness (QED) is 0.824. The van der Waals surface area contributed by atoms with Gasteiger partial charge in [0.2, 0.25) is 0 Å². The Bertz CT molecular complexity index is 749. The lowest BCUT2D eigenvalue weighted by molar-refractivity contribution is -0.118. The number of rotatable bonds is 6. The first-order valence-electron chi connectivity index (χ1n) is 7.14. The van der Waals surface area contributed by atoms with Gasteiger partial charge in [-0.2, -0.15) is 0 Å². The highest BCUT2D eigenvalue weighted by Crippen LogP contribution is 2.15. The fraction of sp³-hybridized carbons (Fsp3) is 0.176. The van der Waals surface area contributed by atoms with Gasteiger partial charge in [-0.05, 0) is 37.3 Å². The molecule has 2 aromatic carbocycles. The number of halogens is 2. The van der Waals surface area contributed by atoms with Crippen molar-refractivity contribution in [2.24, 2.45) is 0 Å². The standard InChI is InChI=1S/C17H15F2NO4/c1-2-23-17(22)11-4-3-5-13(8-11)24-10-16(21)20-12-6-7-14(18)15(19)9-12/h3-9H,2,10H2,1H3,(H,20,21). The van der Waals surface area contributed by atoms with E-state index in [0.29, 0.717) is 11.3 Å². The lowest BCUT2D eigenvalue weighted by Gasteiger charge is -2.09. The third-order valence-electron chi connectivity index (χ3n) is 2.92. The fourth-order valence-corrected chi connectivity index (χ4v) is 1.85. The van der Waals surface area contributed by atoms with Gasteiger partial charge in [0.15, 0.2) is 18.2 Å². The summed E-state index contributed by atoms with van der Waals surface area (Å²) in [4.78, 5) is 23.4. The van der Waals surface area contributed by atoms with E-state index in [1.165, 1.54) is 12.1 Å². The van der Waals surface area contributed by atoms with E-state index in [9.17, 15) is 18.4 Å². The van der Waals surface area contributed by atoms with Crippen LogP contribution in [0.5, 0.6) is 5.75 Å². The second kappa shape index (κ2) is 8.05. The molecule has 24 heavy (non-hydrogen) atoms. The molecule has 0 aliphatic carbocycles. The molecule has 126 valence electrons. The van der Waals surface area contributed by atoms with Crippen LogP contribution in [-0.2, 0) is 9.53 Å². The Morgan fingerprint density at radius 3 is 2.58 bits per heavy atom. The van der Waals surface area contributed by atoms with Crippen LogP contribution < -0.4 is 10.1 Å². The second-order valence-electron chi connectivity index (χ2n) is 4.71. The number of carbonyl (C=O) groups is 2. The molecule has 0 saturated heterocycles. The van der Waals surface area contributed by atoms with Gasteiger partial charge < -0.3 is 14.8 Å². The molecule has 0 spiro atoms. The Morgan fingerprint density at radius 2 is 1.88 bits per heavy atom. The first-order chi connectivity index (χ1) is 11.5. The van der Waals surface area contributed by atoms with Gasteiger partial charge in [0, 0.05) is 11.8 Å². The Morgan fingerprint density at radius 1 is 1.08 bits per heavy atom. The van der Waals surface area contributed by atoms with Crippen molar-refractivity contribution >= 4 is 17.6 Å². The van der Waals surface area contributed by atoms with Crippen LogP contribution >= 0.6 is 0 Å². The van der Waals surface area contributed by atoms with Crippen molar-refractivity contribution in [2.75, 3.05) is 18.5 Å². The maximum Gasteiger partial charge on any atom is 0.338 e. The third kappa shape index (κ3) is 4.77. The molecule has 0 atom stereocenters. The average molecular weight is 335 g/mol. The van der Waals surface area contributed by atoms with Gasteiger partial charge in [0.25, 0.3) is 5.91 Å². The summed E-state index contributed by atoms with van der Waals surface area (Å²) >= 11 is 0. The van der Waals surface area contributed by atoms with Crippen molar-refractivity contribution in [3.63, 3.8) is 0 Å². The van der Waals surface area contributed by atoms with Gasteiger partial charge in [0.1, 0.15) is 5.75 Å². The predicted octanol–water partition coefficient (Wildman–Crippen LogP) is 3.16. The molecule has 0 unspecified atom stereocenters. The molecule has 2 rings (SSSR count). The molecule has 1 N–H and O–H groups in total. The number of nitrogens with one attached hydrogen (secondary N) is 1. The first kappa shape index (κ1) is 17.4. The molecule has 0 saturated carbocycles. The maximum atomic E-state index is 13.1. The molecule has 0 fully saturated rings. The highest BCUT2D eigenvalue weighted by Gasteiger charge is 2.10. The predicted molar refractivity (Wildman–Crippen MR) is 82.9 cm³/mol. The van der Waals surface area contributed by atoms with E-state index in [1.807, 2.05) is 0 Å². The van der Waals surface area contributed by atoms with Crippen LogP contribution in [0.15, 0.2) is 42.5 Å². The summed E-state index contributed by atoms with van der Waals surface area (Å²) in [5.41, 5.74) is 0.415. The number of hydrogen-bond donors (Lipinski definition) is 1. The lowest BCUT2D eigenvalue weighted by atomic mass is 10.2. The minimum atomic E-state index is -1.06. The summed E-state index contributed by atoms with van der Waals surface area (Å²) in [7, 11) is 0. The van der Waals surface area contributed by atoms with E-state index in [0.717, 1.165) is 12.1 Å². The molecule has 0 radical (unpaired) electrons. The van der Waals surface area contributed by atoms with Gasteiger partial charge in [-0.15, -0.1) is 0 Å². The van der Waals surface area contributed by atoms with Crippen LogP contribution in [0.1, 0.15) is 17.3 Å². The van der Waals surface area contributed by atoms with Gasteiger partial charge in [-0.1, -0.05) is 6.07 Å². The summed E-state index contributed by atoms with van der Waals surface area (Å²) in [6.07, 6.45) is 0. The molecule has 0 aromatic heterocycles. The van der Waals surface area contributed by atoms with E-state index in [2.05, 4.69) is 5.32 Å². The Balaban J connectivity index is 1.92. The van der Waals surface area contributed by atoms with Crippen molar-refractivity contribution in [2.45, 2.75) is 6.92 Å². The van der Waals surface area contributed by atoms with E-state index in [1.54, 1.807) is 25.1 Å². The van der Waals surface area contributed by atoms with E-state index >= 15 is 0 Å². The van der Waals surface area contributed by atoms with Crippen molar-refractivity contribution in [1.82, 2.24) is 0 Å². The van der Waals surface area contributed by atoms with Crippen LogP contribution in [-0.4, -0.2) is 25.1 Å². The van der Waals surface area contributed by atoms with Gasteiger partial charge in [-0.25, -0.2) is 13.6 Å². The maximum absolute atomic E-state index is 13.1. The molecule has 5 nitrogen and oxygen atoms in total. The van der Waals surface area contributed by atoms with Crippen molar-refractivity contribution in [3.8, 4) is 5.75 Å². The normalized spacial score (nSPS) is 10.1. The Hall–Kier alpha value is -2.96. The first-order valence-corrected chi connectivity index (χ1v) is 7.14. The highest BCUT2D eigenvalue weighted by atomic mass is 19.2. The van der Waals surface area contributed by atoms with E-state index in [4.69, 9.17) is 9.47 Å². The smallest absolute Gasteiger partial charge is 0.338 e. The molecule has 7 heteroatoms. The molecule has 2 aromatic rings. The molecule has 0 heterocycles. The molecular weight excluding hydrogens is 320 g/mol. The number of ether oxygens (including phenoxy) is 2. The summed E-state index contributed by atoms with van der Waals surface area (Å²) in [6, 6.07) is 9.19. The van der Waals surface area contributed by atoms with E-state index < -0.39 is 23.5 Å². The minimum Gasteiger partial charge on any atom is -0.484 e. The zero-order valence-electron chi connectivity index (χ0n) is 12.8. The SMILES string of the molecule is CCOC(=O)c1cccc(OCC(=O)Nc2ccc(F)c(F)c2)c1. The molecule has 0 bridgehead atoms. The van der Waals surface area contributed by atoms with Gasteiger partial charge in [-0.3, -0.25) is 4.79 Å². The molecule has 1 amide bonds. The third-order valence-corrected chi connectivity index (χ3v) is 2.92. The van der Waals surface area contributed by atoms with Crippen LogP contribution in [0.4, 0.5) is 14.5 Å². The van der Waals surface area contributed by atoms with Crippen molar-refractivity contribution in [1.29, 1.82) is 0 Å². The van der Waals surface area contributed by atoms with E-state index in [-0.39, 0.29) is 18.9 Å². The average Bonchev–Trinajstić information content (AvgIpc) is 2.57. The molecular formula is C17H15F2NO4. The molecule has 0 aliphatic rings. The van der Waals surface area contributed by atoms with Crippen LogP contribution in [0.3, 0.4) is 0 Å². The fourth-order valence-electron chi connectivity index (χ4n) is 1.85. The van der Waals surface area contributed by atoms with Crippen LogP contribution in [0.2, 0.25) is 0 Å². The van der Waals surface area contributed by atoms with Gasteiger partial charge >= 0.3 is 5.97 Å². The minimum absolute atomic E-state index is 0.114. The topological polar surface area (TPSA) is 64.6 Å². The number of esters is 1. The van der Waals surface area contributed by atoms with Crippen LogP contribution in [0.25, 0.3) is 0 Å². The zero-order valence-corrected chi connectivity index (χ0v) is 12.8. The summed E-state index contributed by atoms with van der Waals surface area (Å²) in [5, 5.41) is 2.38. The van der Waals surface area contributed by atoms with Crippen LogP contribution in [0, 0.1) is 11.6 Å². The summed E-state index contributed by atoms with van der Waals surface area (Å²) < 4.78 is 36.0. The second-order valence-corrected chi connectivity index (χ2v) is 4.71. The Labute approximate surface area is 137 Å².